The second kappa shape index (κ2) is 12.1. The molecule has 3 rings (SSSR count). The van der Waals surface area contributed by atoms with Gasteiger partial charge in [0.15, 0.2) is 11.5 Å². The molecule has 6 heteroatoms. The second-order valence-corrected chi connectivity index (χ2v) is 8.04. The molecule has 0 aromatic heterocycles. The van der Waals surface area contributed by atoms with Gasteiger partial charge in [-0.15, -0.1) is 6.58 Å². The van der Waals surface area contributed by atoms with Gasteiger partial charge in [-0.05, 0) is 61.6 Å². The number of amides is 1. The Bertz CT molecular complexity index is 982. The van der Waals surface area contributed by atoms with Crippen LogP contribution in [0.1, 0.15) is 24.0 Å². The van der Waals surface area contributed by atoms with Crippen molar-refractivity contribution in [1.29, 1.82) is 0 Å². The number of methoxy groups -OCH3 is 3. The van der Waals surface area contributed by atoms with Crippen LogP contribution in [0.4, 0.5) is 5.69 Å². The molecule has 1 aliphatic heterocycles. The Morgan fingerprint density at radius 2 is 1.73 bits per heavy atom. The summed E-state index contributed by atoms with van der Waals surface area (Å²) in [5.74, 6) is 2.10. The number of ether oxygens (including phenoxy) is 3. The van der Waals surface area contributed by atoms with E-state index >= 15 is 0 Å². The number of nitrogens with one attached hydrogen (secondary N) is 1. The molecule has 1 aliphatic rings. The monoisotopic (exact) mass is 450 g/mol. The minimum Gasteiger partial charge on any atom is -0.497 e. The van der Waals surface area contributed by atoms with Gasteiger partial charge in [0, 0.05) is 30.4 Å². The normalized spacial score (nSPS) is 13.0. The van der Waals surface area contributed by atoms with Crippen LogP contribution >= 0.6 is 0 Å². The highest BCUT2D eigenvalue weighted by molar-refractivity contribution is 6.05. The number of fused-ring (bicyclic) bond motifs is 1. The lowest BCUT2D eigenvalue weighted by atomic mass is 10.1. The van der Waals surface area contributed by atoms with Gasteiger partial charge in [-0.1, -0.05) is 24.3 Å². The molecule has 0 fully saturated rings. The maximum atomic E-state index is 12.8. The van der Waals surface area contributed by atoms with Gasteiger partial charge in [-0.3, -0.25) is 9.69 Å². The van der Waals surface area contributed by atoms with E-state index in [1.54, 1.807) is 21.3 Å². The molecule has 6 nitrogen and oxygen atoms in total. The predicted molar refractivity (Wildman–Crippen MR) is 133 cm³/mol. The first kappa shape index (κ1) is 24.4. The van der Waals surface area contributed by atoms with Crippen LogP contribution in [0.2, 0.25) is 0 Å². The SMILES string of the molecule is C=CCN(CCCC1=CCc2cc(OC)c(OC)cc2NC1=O)CCc1ccc(OC)cc1. The zero-order valence-corrected chi connectivity index (χ0v) is 19.9. The summed E-state index contributed by atoms with van der Waals surface area (Å²) in [6, 6.07) is 12.0. The van der Waals surface area contributed by atoms with Crippen LogP contribution in [0.15, 0.2) is 60.7 Å². The molecule has 176 valence electrons. The van der Waals surface area contributed by atoms with Crippen molar-refractivity contribution in [1.82, 2.24) is 4.90 Å². The van der Waals surface area contributed by atoms with E-state index in [2.05, 4.69) is 28.9 Å². The second-order valence-electron chi connectivity index (χ2n) is 8.04. The van der Waals surface area contributed by atoms with Gasteiger partial charge in [0.05, 0.1) is 21.3 Å². The topological polar surface area (TPSA) is 60.0 Å². The van der Waals surface area contributed by atoms with E-state index in [4.69, 9.17) is 14.2 Å². The molecular formula is C27H34N2O4. The quantitative estimate of drug-likeness (QED) is 0.477. The largest absolute Gasteiger partial charge is 0.497 e. The van der Waals surface area contributed by atoms with Crippen molar-refractivity contribution in [2.45, 2.75) is 25.7 Å². The smallest absolute Gasteiger partial charge is 0.251 e. The molecule has 0 bridgehead atoms. The average molecular weight is 451 g/mol. The third-order valence-corrected chi connectivity index (χ3v) is 5.90. The summed E-state index contributed by atoms with van der Waals surface area (Å²) in [6.45, 7) is 6.57. The molecule has 2 aromatic rings. The molecular weight excluding hydrogens is 416 g/mol. The molecule has 1 amide bonds. The summed E-state index contributed by atoms with van der Waals surface area (Å²) in [6.07, 6.45) is 7.23. The van der Waals surface area contributed by atoms with Crippen LogP contribution in [0.3, 0.4) is 0 Å². The van der Waals surface area contributed by atoms with E-state index in [1.165, 1.54) is 5.56 Å². The Balaban J connectivity index is 1.55. The summed E-state index contributed by atoms with van der Waals surface area (Å²) in [7, 11) is 4.89. The van der Waals surface area contributed by atoms with Gasteiger partial charge in [0.2, 0.25) is 0 Å². The molecule has 2 aromatic carbocycles. The maximum Gasteiger partial charge on any atom is 0.251 e. The molecule has 0 aliphatic carbocycles. The number of carbonyl (C=O) groups excluding carboxylic acids is 1. The Kier molecular flexibility index (Phi) is 8.95. The number of hydrogen-bond donors (Lipinski definition) is 1. The fourth-order valence-electron chi connectivity index (χ4n) is 4.00. The summed E-state index contributed by atoms with van der Waals surface area (Å²) < 4.78 is 16.0. The lowest BCUT2D eigenvalue weighted by Crippen LogP contribution is -2.28. The van der Waals surface area contributed by atoms with E-state index < -0.39 is 0 Å². The van der Waals surface area contributed by atoms with Crippen molar-refractivity contribution in [3.8, 4) is 17.2 Å². The van der Waals surface area contributed by atoms with Crippen LogP contribution in [0.25, 0.3) is 0 Å². The predicted octanol–water partition coefficient (Wildman–Crippen LogP) is 4.64. The minimum atomic E-state index is -0.0468. The molecule has 0 atom stereocenters. The Hall–Kier alpha value is -3.25. The lowest BCUT2D eigenvalue weighted by Gasteiger charge is -2.21. The molecule has 33 heavy (non-hydrogen) atoms. The fraction of sp³-hybridized carbons (Fsp3) is 0.370. The number of nitrogens with zero attached hydrogens (tertiary/aromatic N) is 1. The van der Waals surface area contributed by atoms with Crippen molar-refractivity contribution in [2.24, 2.45) is 0 Å². The van der Waals surface area contributed by atoms with Crippen LogP contribution in [0, 0.1) is 0 Å². The number of anilines is 1. The molecule has 0 spiro atoms. The number of hydrogen-bond acceptors (Lipinski definition) is 5. The number of rotatable bonds is 12. The maximum absolute atomic E-state index is 12.8. The number of benzene rings is 2. The van der Waals surface area contributed by atoms with Gasteiger partial charge >= 0.3 is 0 Å². The van der Waals surface area contributed by atoms with E-state index in [-0.39, 0.29) is 5.91 Å². The molecule has 1 N–H and O–H groups in total. The zero-order valence-electron chi connectivity index (χ0n) is 19.9. The van der Waals surface area contributed by atoms with Crippen molar-refractivity contribution >= 4 is 11.6 Å². The van der Waals surface area contributed by atoms with Crippen molar-refractivity contribution in [3.05, 3.63) is 71.8 Å². The zero-order chi connectivity index (χ0) is 23.6. The standard InChI is InChI=1S/C27H34N2O4/c1-5-15-29(17-14-20-8-12-23(31-2)13-9-20)16-6-7-21-10-11-22-18-25(32-3)26(33-4)19-24(22)28-27(21)30/h5,8-10,12-13,18-19H,1,6-7,11,14-17H2,2-4H3,(H,28,30). The minimum absolute atomic E-state index is 0.0468. The van der Waals surface area contributed by atoms with E-state index in [0.717, 1.165) is 61.5 Å². The Labute approximate surface area is 196 Å². The first-order valence-electron chi connectivity index (χ1n) is 11.3. The lowest BCUT2D eigenvalue weighted by molar-refractivity contribution is -0.113. The number of allylic oxidation sites excluding steroid dienone is 1. The third-order valence-electron chi connectivity index (χ3n) is 5.90. The van der Waals surface area contributed by atoms with E-state index in [1.807, 2.05) is 36.4 Å². The highest BCUT2D eigenvalue weighted by atomic mass is 16.5. The van der Waals surface area contributed by atoms with Gasteiger partial charge in [-0.2, -0.15) is 0 Å². The summed E-state index contributed by atoms with van der Waals surface area (Å²) in [5.41, 5.74) is 3.89. The van der Waals surface area contributed by atoms with E-state index in [0.29, 0.717) is 17.9 Å². The first-order valence-corrected chi connectivity index (χ1v) is 11.3. The fourth-order valence-corrected chi connectivity index (χ4v) is 4.00. The highest BCUT2D eigenvalue weighted by Gasteiger charge is 2.19. The Morgan fingerprint density at radius 1 is 1.00 bits per heavy atom. The van der Waals surface area contributed by atoms with Crippen LogP contribution in [-0.4, -0.2) is 51.8 Å². The average Bonchev–Trinajstić information content (AvgIpc) is 2.99. The van der Waals surface area contributed by atoms with Gasteiger partial charge in [0.25, 0.3) is 5.91 Å². The summed E-state index contributed by atoms with van der Waals surface area (Å²) >= 11 is 0. The van der Waals surface area contributed by atoms with Gasteiger partial charge in [0.1, 0.15) is 5.75 Å². The molecule has 0 unspecified atom stereocenters. The summed E-state index contributed by atoms with van der Waals surface area (Å²) in [4.78, 5) is 15.2. The summed E-state index contributed by atoms with van der Waals surface area (Å²) in [5, 5.41) is 3.03. The first-order chi connectivity index (χ1) is 16.1. The number of carbonyl (C=O) groups is 1. The van der Waals surface area contributed by atoms with Gasteiger partial charge in [-0.25, -0.2) is 0 Å². The van der Waals surface area contributed by atoms with E-state index in [9.17, 15) is 4.79 Å². The molecule has 0 saturated heterocycles. The van der Waals surface area contributed by atoms with Crippen LogP contribution in [0.5, 0.6) is 17.2 Å². The van der Waals surface area contributed by atoms with Crippen LogP contribution < -0.4 is 19.5 Å². The van der Waals surface area contributed by atoms with Crippen molar-refractivity contribution < 1.29 is 19.0 Å². The van der Waals surface area contributed by atoms with Crippen molar-refractivity contribution in [3.63, 3.8) is 0 Å². The third kappa shape index (κ3) is 6.62. The highest BCUT2D eigenvalue weighted by Crippen LogP contribution is 2.35. The van der Waals surface area contributed by atoms with Gasteiger partial charge < -0.3 is 19.5 Å². The molecule has 0 saturated carbocycles. The Morgan fingerprint density at radius 3 is 2.39 bits per heavy atom. The van der Waals surface area contributed by atoms with Crippen LogP contribution in [-0.2, 0) is 17.6 Å². The molecule has 1 heterocycles. The molecule has 0 radical (unpaired) electrons. The van der Waals surface area contributed by atoms with Crippen molar-refractivity contribution in [2.75, 3.05) is 46.3 Å².